The molecule has 0 aliphatic heterocycles. The topological polar surface area (TPSA) is 108 Å². The highest BCUT2D eigenvalue weighted by Gasteiger charge is 2.22. The maximum absolute atomic E-state index is 13.0. The van der Waals surface area contributed by atoms with Crippen molar-refractivity contribution >= 4 is 51.0 Å². The first-order valence-corrected chi connectivity index (χ1v) is 12.5. The number of carboxylic acid groups (broad SMARTS) is 1. The van der Waals surface area contributed by atoms with E-state index in [2.05, 4.69) is 26.6 Å². The lowest BCUT2D eigenvalue weighted by Crippen LogP contribution is -2.32. The van der Waals surface area contributed by atoms with Crippen LogP contribution in [0.15, 0.2) is 77.3 Å². The number of carbonyl (C=O) groups is 3. The number of hydrogen-bond acceptors (Lipinski definition) is 5. The Kier molecular flexibility index (Phi) is 9.30. The number of alkyl carbamates (subject to hydrolysis) is 1. The highest BCUT2D eigenvalue weighted by Crippen LogP contribution is 2.31. The minimum atomic E-state index is -1.19. The van der Waals surface area contributed by atoms with E-state index in [0.717, 1.165) is 21.3 Å². The SMILES string of the molecule is CC(C)(C)OC(=O)NCc1ccc(Nc2ccccc2N(Cc2ccc(Br)cc2)C(=O)CC(=O)O)cc1. The van der Waals surface area contributed by atoms with Crippen LogP contribution in [0.1, 0.15) is 38.3 Å². The number of aliphatic carboxylic acids is 1. The predicted octanol–water partition coefficient (Wildman–Crippen LogP) is 6.23. The Morgan fingerprint density at radius 2 is 1.54 bits per heavy atom. The molecular formula is C28H30BrN3O5. The van der Waals surface area contributed by atoms with Crippen LogP contribution < -0.4 is 15.5 Å². The molecule has 0 saturated carbocycles. The van der Waals surface area contributed by atoms with Gasteiger partial charge in [-0.3, -0.25) is 9.59 Å². The summed E-state index contributed by atoms with van der Waals surface area (Å²) in [5.74, 6) is -1.71. The van der Waals surface area contributed by atoms with Gasteiger partial charge in [-0.05, 0) is 68.3 Å². The van der Waals surface area contributed by atoms with E-state index in [4.69, 9.17) is 4.74 Å². The van der Waals surface area contributed by atoms with Gasteiger partial charge in [0.15, 0.2) is 0 Å². The van der Waals surface area contributed by atoms with E-state index in [-0.39, 0.29) is 6.54 Å². The minimum absolute atomic E-state index is 0.216. The van der Waals surface area contributed by atoms with Crippen LogP contribution in [-0.2, 0) is 27.4 Å². The van der Waals surface area contributed by atoms with Gasteiger partial charge in [0.1, 0.15) is 12.0 Å². The third-order valence-electron chi connectivity index (χ3n) is 5.12. The second-order valence-corrected chi connectivity index (χ2v) is 10.3. The number of amides is 2. The first kappa shape index (κ1) is 27.7. The van der Waals surface area contributed by atoms with Crippen molar-refractivity contribution in [3.63, 3.8) is 0 Å². The molecule has 8 nitrogen and oxygen atoms in total. The van der Waals surface area contributed by atoms with Gasteiger partial charge in [0.05, 0.1) is 17.9 Å². The Labute approximate surface area is 224 Å². The van der Waals surface area contributed by atoms with Gasteiger partial charge < -0.3 is 25.4 Å². The lowest BCUT2D eigenvalue weighted by Gasteiger charge is -2.25. The molecule has 0 saturated heterocycles. The number of nitrogens with zero attached hydrogens (tertiary/aromatic N) is 1. The fourth-order valence-corrected chi connectivity index (χ4v) is 3.73. The predicted molar refractivity (Wildman–Crippen MR) is 147 cm³/mol. The number of rotatable bonds is 9. The first-order chi connectivity index (χ1) is 17.5. The van der Waals surface area contributed by atoms with Crippen LogP contribution in [0.2, 0.25) is 0 Å². The van der Waals surface area contributed by atoms with Crippen molar-refractivity contribution < 1.29 is 24.2 Å². The molecule has 2 amide bonds. The molecule has 37 heavy (non-hydrogen) atoms. The average molecular weight is 568 g/mol. The van der Waals surface area contributed by atoms with Gasteiger partial charge in [0, 0.05) is 16.7 Å². The molecule has 3 N–H and O–H groups in total. The van der Waals surface area contributed by atoms with Gasteiger partial charge in [-0.2, -0.15) is 0 Å². The first-order valence-electron chi connectivity index (χ1n) is 11.7. The number of nitrogens with one attached hydrogen (secondary N) is 2. The van der Waals surface area contributed by atoms with Crippen LogP contribution in [0.3, 0.4) is 0 Å². The zero-order chi connectivity index (χ0) is 27.0. The number of para-hydroxylation sites is 2. The number of anilines is 3. The number of hydrogen-bond donors (Lipinski definition) is 3. The summed E-state index contributed by atoms with van der Waals surface area (Å²) in [7, 11) is 0. The van der Waals surface area contributed by atoms with E-state index < -0.39 is 30.0 Å². The smallest absolute Gasteiger partial charge is 0.407 e. The lowest BCUT2D eigenvalue weighted by atomic mass is 10.1. The molecule has 0 radical (unpaired) electrons. The van der Waals surface area contributed by atoms with E-state index in [1.165, 1.54) is 4.90 Å². The zero-order valence-corrected chi connectivity index (χ0v) is 22.5. The third-order valence-corrected chi connectivity index (χ3v) is 5.65. The van der Waals surface area contributed by atoms with Crippen LogP contribution in [-0.4, -0.2) is 28.7 Å². The Balaban J connectivity index is 1.77. The van der Waals surface area contributed by atoms with Gasteiger partial charge >= 0.3 is 12.1 Å². The van der Waals surface area contributed by atoms with Crippen molar-refractivity contribution in [2.45, 2.75) is 45.9 Å². The van der Waals surface area contributed by atoms with Gasteiger partial charge in [0.25, 0.3) is 0 Å². The Morgan fingerprint density at radius 3 is 2.16 bits per heavy atom. The van der Waals surface area contributed by atoms with Crippen molar-refractivity contribution in [3.8, 4) is 0 Å². The summed E-state index contributed by atoms with van der Waals surface area (Å²) in [6, 6.07) is 22.2. The summed E-state index contributed by atoms with van der Waals surface area (Å²) in [6.45, 7) is 5.95. The highest BCUT2D eigenvalue weighted by atomic mass is 79.9. The van der Waals surface area contributed by atoms with Crippen molar-refractivity contribution in [1.29, 1.82) is 0 Å². The van der Waals surface area contributed by atoms with E-state index in [9.17, 15) is 19.5 Å². The second-order valence-electron chi connectivity index (χ2n) is 9.37. The lowest BCUT2D eigenvalue weighted by molar-refractivity contribution is -0.140. The number of carbonyl (C=O) groups excluding carboxylic acids is 2. The molecule has 3 aromatic rings. The molecular weight excluding hydrogens is 538 g/mol. The molecule has 0 aromatic heterocycles. The van der Waals surface area contributed by atoms with Crippen molar-refractivity contribution in [2.24, 2.45) is 0 Å². The summed E-state index contributed by atoms with van der Waals surface area (Å²) in [5.41, 5.74) is 3.16. The number of carboxylic acids is 1. The molecule has 0 unspecified atom stereocenters. The number of ether oxygens (including phenoxy) is 1. The van der Waals surface area contributed by atoms with Crippen LogP contribution in [0.25, 0.3) is 0 Å². The van der Waals surface area contributed by atoms with Crippen molar-refractivity contribution in [3.05, 3.63) is 88.4 Å². The van der Waals surface area contributed by atoms with Gasteiger partial charge in [-0.15, -0.1) is 0 Å². The van der Waals surface area contributed by atoms with Gasteiger partial charge in [-0.1, -0.05) is 52.3 Å². The molecule has 0 fully saturated rings. The van der Waals surface area contributed by atoms with Crippen molar-refractivity contribution in [2.75, 3.05) is 10.2 Å². The third kappa shape index (κ3) is 8.95. The number of benzene rings is 3. The van der Waals surface area contributed by atoms with Crippen LogP contribution in [0.5, 0.6) is 0 Å². The van der Waals surface area contributed by atoms with E-state index in [1.807, 2.05) is 60.7 Å². The molecule has 3 rings (SSSR count). The Hall–Kier alpha value is -3.85. The maximum atomic E-state index is 13.0. The quantitative estimate of drug-likeness (QED) is 0.265. The molecule has 0 atom stereocenters. The van der Waals surface area contributed by atoms with Gasteiger partial charge in [-0.25, -0.2) is 4.79 Å². The van der Waals surface area contributed by atoms with E-state index in [1.54, 1.807) is 32.9 Å². The molecule has 0 spiro atoms. The summed E-state index contributed by atoms with van der Waals surface area (Å²) >= 11 is 3.41. The largest absolute Gasteiger partial charge is 0.481 e. The fraction of sp³-hybridized carbons (Fsp3) is 0.250. The summed E-state index contributed by atoms with van der Waals surface area (Å²) in [5, 5.41) is 15.3. The minimum Gasteiger partial charge on any atom is -0.481 e. The fourth-order valence-electron chi connectivity index (χ4n) is 3.47. The van der Waals surface area contributed by atoms with E-state index in [0.29, 0.717) is 17.9 Å². The monoisotopic (exact) mass is 567 g/mol. The summed E-state index contributed by atoms with van der Waals surface area (Å²) < 4.78 is 6.16. The molecule has 0 aliphatic rings. The van der Waals surface area contributed by atoms with Gasteiger partial charge in [0.2, 0.25) is 5.91 Å². The van der Waals surface area contributed by atoms with Crippen LogP contribution >= 0.6 is 15.9 Å². The van der Waals surface area contributed by atoms with Crippen LogP contribution in [0.4, 0.5) is 21.9 Å². The number of halogens is 1. The van der Waals surface area contributed by atoms with Crippen molar-refractivity contribution in [1.82, 2.24) is 5.32 Å². The second kappa shape index (κ2) is 12.4. The Bertz CT molecular complexity index is 1240. The van der Waals surface area contributed by atoms with Crippen LogP contribution in [0, 0.1) is 0 Å². The summed E-state index contributed by atoms with van der Waals surface area (Å²) in [4.78, 5) is 37.6. The molecule has 3 aromatic carbocycles. The molecule has 0 bridgehead atoms. The molecule has 0 heterocycles. The zero-order valence-electron chi connectivity index (χ0n) is 21.0. The normalized spacial score (nSPS) is 10.9. The average Bonchev–Trinajstić information content (AvgIpc) is 2.82. The Morgan fingerprint density at radius 1 is 0.919 bits per heavy atom. The highest BCUT2D eigenvalue weighted by molar-refractivity contribution is 9.10. The standard InChI is InChI=1S/C28H30BrN3O5/c1-28(2,3)37-27(36)30-17-19-10-14-22(15-11-19)31-23-6-4-5-7-24(23)32(25(33)16-26(34)35)18-20-8-12-21(29)13-9-20/h4-15,31H,16-18H2,1-3H3,(H,30,36)(H,34,35). The maximum Gasteiger partial charge on any atom is 0.407 e. The molecule has 194 valence electrons. The van der Waals surface area contributed by atoms with E-state index >= 15 is 0 Å². The summed E-state index contributed by atoms with van der Waals surface area (Å²) in [6.07, 6.45) is -1.11. The molecule has 9 heteroatoms. The molecule has 0 aliphatic carbocycles.